The number of hydrogen-bond donors (Lipinski definition) is 0. The van der Waals surface area contributed by atoms with E-state index in [2.05, 4.69) is 0 Å². The number of ether oxygens (including phenoxy) is 1. The molecule has 0 fully saturated rings. The van der Waals surface area contributed by atoms with Crippen LogP contribution in [0, 0.1) is 0 Å². The molecule has 0 atom stereocenters. The number of ketones is 1. The monoisotopic (exact) mass is 288 g/mol. The van der Waals surface area contributed by atoms with Crippen LogP contribution in [0.5, 0.6) is 5.75 Å². The molecule has 0 spiro atoms. The summed E-state index contributed by atoms with van der Waals surface area (Å²) in [5.74, 6) is 0.861. The maximum Gasteiger partial charge on any atom is 0.193 e. The first-order chi connectivity index (χ1) is 10.8. The Balaban J connectivity index is 1.88. The number of carbonyl (C=O) groups excluding carboxylic acids is 1. The van der Waals surface area contributed by atoms with Crippen molar-refractivity contribution in [3.63, 3.8) is 0 Å². The fourth-order valence-electron chi connectivity index (χ4n) is 2.37. The first-order valence-electron chi connectivity index (χ1n) is 7.12. The van der Waals surface area contributed by atoms with Crippen LogP contribution in [-0.4, -0.2) is 12.9 Å². The largest absolute Gasteiger partial charge is 0.497 e. The fraction of sp³-hybridized carbons (Fsp3) is 0.0500. The highest BCUT2D eigenvalue weighted by Gasteiger charge is 2.08. The van der Waals surface area contributed by atoms with Gasteiger partial charge in [-0.1, -0.05) is 66.7 Å². The zero-order valence-electron chi connectivity index (χ0n) is 12.3. The van der Waals surface area contributed by atoms with Crippen LogP contribution in [0.15, 0.2) is 78.9 Å². The van der Waals surface area contributed by atoms with Gasteiger partial charge in [-0.15, -0.1) is 0 Å². The molecule has 2 heteroatoms. The van der Waals surface area contributed by atoms with E-state index in [0.717, 1.165) is 16.9 Å². The van der Waals surface area contributed by atoms with Crippen molar-refractivity contribution in [3.8, 4) is 16.9 Å². The molecule has 0 unspecified atom stereocenters. The maximum atomic E-state index is 12.4. The van der Waals surface area contributed by atoms with Gasteiger partial charge in [-0.25, -0.2) is 0 Å². The lowest BCUT2D eigenvalue weighted by Gasteiger charge is -2.06. The maximum absolute atomic E-state index is 12.4. The van der Waals surface area contributed by atoms with Crippen molar-refractivity contribution in [2.24, 2.45) is 0 Å². The highest BCUT2D eigenvalue weighted by atomic mass is 16.5. The van der Waals surface area contributed by atoms with Crippen molar-refractivity contribution in [3.05, 3.63) is 90.0 Å². The van der Waals surface area contributed by atoms with Gasteiger partial charge in [0.2, 0.25) is 0 Å². The van der Waals surface area contributed by atoms with Crippen LogP contribution in [-0.2, 0) is 0 Å². The molecule has 0 radical (unpaired) electrons. The van der Waals surface area contributed by atoms with Crippen molar-refractivity contribution in [1.82, 2.24) is 0 Å². The van der Waals surface area contributed by atoms with E-state index in [9.17, 15) is 4.79 Å². The molecular weight excluding hydrogens is 272 g/mol. The van der Waals surface area contributed by atoms with Gasteiger partial charge in [0.15, 0.2) is 5.78 Å². The summed E-state index contributed by atoms with van der Waals surface area (Å²) in [6.45, 7) is 0. The molecule has 0 heterocycles. The molecule has 0 aliphatic heterocycles. The summed E-state index contributed by atoms with van der Waals surface area (Å²) >= 11 is 0. The standard InChI is InChI=1S/C20H16O2/c1-22-19-9-5-8-18(14-19)15-10-12-17(13-11-15)20(21)16-6-3-2-4-7-16/h2-14H,1H3. The molecule has 0 N–H and O–H groups in total. The minimum absolute atomic E-state index is 0.0396. The summed E-state index contributed by atoms with van der Waals surface area (Å²) in [5, 5.41) is 0. The highest BCUT2D eigenvalue weighted by molar-refractivity contribution is 6.09. The lowest BCUT2D eigenvalue weighted by Crippen LogP contribution is -2.00. The summed E-state index contributed by atoms with van der Waals surface area (Å²) in [6, 6.07) is 24.8. The topological polar surface area (TPSA) is 26.3 Å². The van der Waals surface area contributed by atoms with E-state index < -0.39 is 0 Å². The van der Waals surface area contributed by atoms with Crippen LogP contribution < -0.4 is 4.74 Å². The van der Waals surface area contributed by atoms with E-state index in [4.69, 9.17) is 4.74 Å². The smallest absolute Gasteiger partial charge is 0.193 e. The number of rotatable bonds is 4. The first-order valence-corrected chi connectivity index (χ1v) is 7.12. The predicted molar refractivity (Wildman–Crippen MR) is 88.3 cm³/mol. The molecule has 22 heavy (non-hydrogen) atoms. The van der Waals surface area contributed by atoms with Gasteiger partial charge >= 0.3 is 0 Å². The van der Waals surface area contributed by atoms with Gasteiger partial charge in [0.05, 0.1) is 7.11 Å². The van der Waals surface area contributed by atoms with Crippen molar-refractivity contribution in [2.45, 2.75) is 0 Å². The molecule has 0 saturated carbocycles. The molecule has 0 bridgehead atoms. The molecule has 0 amide bonds. The Morgan fingerprint density at radius 1 is 0.727 bits per heavy atom. The minimum atomic E-state index is 0.0396. The third kappa shape index (κ3) is 2.91. The second kappa shape index (κ2) is 6.27. The Morgan fingerprint density at radius 3 is 2.09 bits per heavy atom. The normalized spacial score (nSPS) is 10.2. The van der Waals surface area contributed by atoms with E-state index >= 15 is 0 Å². The molecule has 3 aromatic rings. The van der Waals surface area contributed by atoms with Crippen LogP contribution in [0.2, 0.25) is 0 Å². The van der Waals surface area contributed by atoms with Gasteiger partial charge in [-0.05, 0) is 23.3 Å². The van der Waals surface area contributed by atoms with Gasteiger partial charge in [-0.3, -0.25) is 4.79 Å². The molecule has 108 valence electrons. The molecule has 3 aromatic carbocycles. The Kier molecular flexibility index (Phi) is 4.01. The molecule has 0 aromatic heterocycles. The molecule has 2 nitrogen and oxygen atoms in total. The van der Waals surface area contributed by atoms with Crippen molar-refractivity contribution < 1.29 is 9.53 Å². The molecular formula is C20H16O2. The van der Waals surface area contributed by atoms with E-state index in [1.54, 1.807) is 7.11 Å². The fourth-order valence-corrected chi connectivity index (χ4v) is 2.37. The second-order valence-electron chi connectivity index (χ2n) is 5.00. The third-order valence-electron chi connectivity index (χ3n) is 3.59. The Labute approximate surface area is 130 Å². The molecule has 3 rings (SSSR count). The van der Waals surface area contributed by atoms with Gasteiger partial charge in [0, 0.05) is 11.1 Å². The average molecular weight is 288 g/mol. The van der Waals surface area contributed by atoms with Gasteiger partial charge in [0.1, 0.15) is 5.75 Å². The van der Waals surface area contributed by atoms with Gasteiger partial charge < -0.3 is 4.74 Å². The van der Waals surface area contributed by atoms with E-state index in [1.165, 1.54) is 0 Å². The van der Waals surface area contributed by atoms with Crippen LogP contribution >= 0.6 is 0 Å². The molecule has 0 saturated heterocycles. The number of hydrogen-bond acceptors (Lipinski definition) is 2. The summed E-state index contributed by atoms with van der Waals surface area (Å²) in [7, 11) is 1.65. The quantitative estimate of drug-likeness (QED) is 0.656. The van der Waals surface area contributed by atoms with Crippen molar-refractivity contribution in [2.75, 3.05) is 7.11 Å². The Hall–Kier alpha value is -2.87. The van der Waals surface area contributed by atoms with Crippen LogP contribution in [0.1, 0.15) is 15.9 Å². The summed E-state index contributed by atoms with van der Waals surface area (Å²) in [6.07, 6.45) is 0. The van der Waals surface area contributed by atoms with E-state index in [1.807, 2.05) is 78.9 Å². The summed E-state index contributed by atoms with van der Waals surface area (Å²) in [5.41, 5.74) is 3.52. The highest BCUT2D eigenvalue weighted by Crippen LogP contribution is 2.24. The predicted octanol–water partition coefficient (Wildman–Crippen LogP) is 4.59. The Morgan fingerprint density at radius 2 is 1.41 bits per heavy atom. The van der Waals surface area contributed by atoms with E-state index in [0.29, 0.717) is 11.1 Å². The molecule has 0 aliphatic rings. The van der Waals surface area contributed by atoms with Crippen molar-refractivity contribution >= 4 is 5.78 Å². The third-order valence-corrected chi connectivity index (χ3v) is 3.59. The zero-order valence-corrected chi connectivity index (χ0v) is 12.3. The first kappa shape index (κ1) is 14.1. The van der Waals surface area contributed by atoms with Gasteiger partial charge in [-0.2, -0.15) is 0 Å². The number of carbonyl (C=O) groups is 1. The van der Waals surface area contributed by atoms with E-state index in [-0.39, 0.29) is 5.78 Å². The van der Waals surface area contributed by atoms with Crippen molar-refractivity contribution in [1.29, 1.82) is 0 Å². The number of benzene rings is 3. The summed E-state index contributed by atoms with van der Waals surface area (Å²) in [4.78, 5) is 12.4. The Bertz CT molecular complexity index is 774. The SMILES string of the molecule is COc1cccc(-c2ccc(C(=O)c3ccccc3)cc2)c1. The lowest BCUT2D eigenvalue weighted by atomic mass is 9.99. The van der Waals surface area contributed by atoms with Crippen LogP contribution in [0.3, 0.4) is 0 Å². The van der Waals surface area contributed by atoms with Gasteiger partial charge in [0.25, 0.3) is 0 Å². The number of methoxy groups -OCH3 is 1. The van der Waals surface area contributed by atoms with Crippen LogP contribution in [0.4, 0.5) is 0 Å². The minimum Gasteiger partial charge on any atom is -0.497 e. The zero-order chi connectivity index (χ0) is 15.4. The average Bonchev–Trinajstić information content (AvgIpc) is 2.62. The molecule has 0 aliphatic carbocycles. The second-order valence-corrected chi connectivity index (χ2v) is 5.00. The van der Waals surface area contributed by atoms with Crippen LogP contribution in [0.25, 0.3) is 11.1 Å². The lowest BCUT2D eigenvalue weighted by molar-refractivity contribution is 0.103. The summed E-state index contributed by atoms with van der Waals surface area (Å²) < 4.78 is 5.24.